The third kappa shape index (κ3) is 5.62. The standard InChI is InChI=1S/C22H14F6N6O/c23-21(24,25)15-8-17(13-2-1-7-29-9-13)33-34(12-15)16-4-6-19(31-11-16)32-20(35)14-3-5-18(30-10-14)22(26,27)28/h1-11H,12H2,(H,31,32,35). The van der Waals surface area contributed by atoms with E-state index in [4.69, 9.17) is 0 Å². The van der Waals surface area contributed by atoms with Gasteiger partial charge in [-0.3, -0.25) is 19.8 Å². The maximum absolute atomic E-state index is 13.5. The Hall–Kier alpha value is -4.29. The van der Waals surface area contributed by atoms with Crippen LogP contribution in [0.4, 0.5) is 37.8 Å². The van der Waals surface area contributed by atoms with Crippen LogP contribution in [0.2, 0.25) is 0 Å². The largest absolute Gasteiger partial charge is 0.433 e. The van der Waals surface area contributed by atoms with E-state index in [2.05, 4.69) is 25.4 Å². The number of carbonyl (C=O) groups excluding carboxylic acids is 1. The SMILES string of the molecule is O=C(Nc1ccc(N2CC(C(F)(F)F)=CC(c3cccnc3)=N2)cn1)c1ccc(C(F)(F)F)nc1. The van der Waals surface area contributed by atoms with Gasteiger partial charge in [0.15, 0.2) is 0 Å². The first-order valence-electron chi connectivity index (χ1n) is 9.86. The number of hydrazone groups is 1. The summed E-state index contributed by atoms with van der Waals surface area (Å²) in [4.78, 5) is 23.4. The van der Waals surface area contributed by atoms with Crippen LogP contribution in [-0.2, 0) is 6.18 Å². The molecule has 0 saturated heterocycles. The van der Waals surface area contributed by atoms with Gasteiger partial charge in [-0.05, 0) is 42.5 Å². The summed E-state index contributed by atoms with van der Waals surface area (Å²) in [6, 6.07) is 7.52. The highest BCUT2D eigenvalue weighted by Crippen LogP contribution is 2.31. The van der Waals surface area contributed by atoms with Crippen molar-refractivity contribution in [1.29, 1.82) is 0 Å². The van der Waals surface area contributed by atoms with Crippen LogP contribution in [0.15, 0.2) is 77.9 Å². The molecule has 0 atom stereocenters. The van der Waals surface area contributed by atoms with E-state index in [1.807, 2.05) is 0 Å². The van der Waals surface area contributed by atoms with E-state index in [-0.39, 0.29) is 22.8 Å². The fourth-order valence-corrected chi connectivity index (χ4v) is 3.04. The van der Waals surface area contributed by atoms with Crippen LogP contribution >= 0.6 is 0 Å². The maximum atomic E-state index is 13.5. The van der Waals surface area contributed by atoms with Crippen LogP contribution in [0.25, 0.3) is 0 Å². The smallest absolute Gasteiger partial charge is 0.307 e. The number of nitrogens with one attached hydrogen (secondary N) is 1. The van der Waals surface area contributed by atoms with E-state index < -0.39 is 36.1 Å². The number of amides is 1. The Labute approximate surface area is 193 Å². The average molecular weight is 492 g/mol. The van der Waals surface area contributed by atoms with E-state index in [1.54, 1.807) is 12.1 Å². The summed E-state index contributed by atoms with van der Waals surface area (Å²) < 4.78 is 78.3. The van der Waals surface area contributed by atoms with E-state index >= 15 is 0 Å². The molecule has 0 unspecified atom stereocenters. The summed E-state index contributed by atoms with van der Waals surface area (Å²) in [6.45, 7) is -0.558. The van der Waals surface area contributed by atoms with E-state index in [0.717, 1.165) is 23.3 Å². The molecule has 7 nitrogen and oxygen atoms in total. The van der Waals surface area contributed by atoms with Crippen molar-refractivity contribution in [3.05, 3.63) is 89.7 Å². The van der Waals surface area contributed by atoms with Crippen molar-refractivity contribution in [2.75, 3.05) is 16.9 Å². The van der Waals surface area contributed by atoms with Gasteiger partial charge in [0.25, 0.3) is 5.91 Å². The molecule has 13 heteroatoms. The van der Waals surface area contributed by atoms with Gasteiger partial charge in [0.2, 0.25) is 0 Å². The van der Waals surface area contributed by atoms with Crippen LogP contribution < -0.4 is 10.3 Å². The van der Waals surface area contributed by atoms with Crippen LogP contribution in [0.5, 0.6) is 0 Å². The number of hydrogen-bond acceptors (Lipinski definition) is 6. The van der Waals surface area contributed by atoms with Crippen LogP contribution in [0.1, 0.15) is 21.6 Å². The molecule has 1 N–H and O–H groups in total. The Kier molecular flexibility index (Phi) is 6.24. The molecule has 3 aromatic heterocycles. The summed E-state index contributed by atoms with van der Waals surface area (Å²) in [5, 5.41) is 7.76. The van der Waals surface area contributed by atoms with Crippen molar-refractivity contribution in [3.8, 4) is 0 Å². The lowest BCUT2D eigenvalue weighted by molar-refractivity contribution is -0.141. The summed E-state index contributed by atoms with van der Waals surface area (Å²) in [6.07, 6.45) is -3.41. The van der Waals surface area contributed by atoms with Gasteiger partial charge in [-0.15, -0.1) is 0 Å². The van der Waals surface area contributed by atoms with Crippen molar-refractivity contribution < 1.29 is 31.1 Å². The van der Waals surface area contributed by atoms with Gasteiger partial charge in [-0.1, -0.05) is 0 Å². The fraction of sp³-hybridized carbons (Fsp3) is 0.136. The number of allylic oxidation sites excluding steroid dienone is 1. The predicted octanol–water partition coefficient (Wildman–Crippen LogP) is 4.86. The zero-order valence-corrected chi connectivity index (χ0v) is 17.5. The first-order valence-corrected chi connectivity index (χ1v) is 9.86. The molecule has 0 radical (unpaired) electrons. The molecular weight excluding hydrogens is 478 g/mol. The first-order chi connectivity index (χ1) is 16.5. The Morgan fingerprint density at radius 2 is 1.71 bits per heavy atom. The molecular formula is C22H14F6N6O. The normalized spacial score (nSPS) is 14.3. The number of carbonyl (C=O) groups is 1. The molecule has 35 heavy (non-hydrogen) atoms. The molecule has 0 saturated carbocycles. The second-order valence-corrected chi connectivity index (χ2v) is 7.24. The Morgan fingerprint density at radius 3 is 2.29 bits per heavy atom. The zero-order valence-electron chi connectivity index (χ0n) is 17.5. The molecule has 1 amide bonds. The third-order valence-corrected chi connectivity index (χ3v) is 4.78. The number of pyridine rings is 3. The predicted molar refractivity (Wildman–Crippen MR) is 114 cm³/mol. The number of halogens is 6. The van der Waals surface area contributed by atoms with Gasteiger partial charge in [-0.2, -0.15) is 31.4 Å². The Morgan fingerprint density at radius 1 is 0.914 bits per heavy atom. The maximum Gasteiger partial charge on any atom is 0.433 e. The van der Waals surface area contributed by atoms with Crippen LogP contribution in [0.3, 0.4) is 0 Å². The van der Waals surface area contributed by atoms with Crippen molar-refractivity contribution in [2.45, 2.75) is 12.4 Å². The monoisotopic (exact) mass is 492 g/mol. The first kappa shape index (κ1) is 23.9. The summed E-state index contributed by atoms with van der Waals surface area (Å²) in [7, 11) is 0. The second-order valence-electron chi connectivity index (χ2n) is 7.24. The molecule has 1 aliphatic heterocycles. The summed E-state index contributed by atoms with van der Waals surface area (Å²) >= 11 is 0. The van der Waals surface area contributed by atoms with E-state index in [1.165, 1.54) is 30.7 Å². The average Bonchev–Trinajstić information content (AvgIpc) is 2.84. The number of hydrogen-bond donors (Lipinski definition) is 1. The summed E-state index contributed by atoms with van der Waals surface area (Å²) in [5.74, 6) is -0.734. The number of rotatable bonds is 4. The summed E-state index contributed by atoms with van der Waals surface area (Å²) in [5.41, 5.74) is -1.43. The topological polar surface area (TPSA) is 83.4 Å². The fourth-order valence-electron chi connectivity index (χ4n) is 3.04. The third-order valence-electron chi connectivity index (χ3n) is 4.78. The molecule has 0 bridgehead atoms. The van der Waals surface area contributed by atoms with E-state index in [9.17, 15) is 31.1 Å². The second kappa shape index (κ2) is 9.16. The quantitative estimate of drug-likeness (QED) is 0.527. The van der Waals surface area contributed by atoms with Crippen molar-refractivity contribution in [1.82, 2.24) is 15.0 Å². The minimum absolute atomic E-state index is 0.0266. The molecule has 1 aliphatic rings. The van der Waals surface area contributed by atoms with Gasteiger partial charge in [0.05, 0.1) is 35.3 Å². The van der Waals surface area contributed by atoms with Gasteiger partial charge in [-0.25, -0.2) is 4.98 Å². The molecule has 4 rings (SSSR count). The highest BCUT2D eigenvalue weighted by atomic mass is 19.4. The molecule has 0 aromatic carbocycles. The zero-order chi connectivity index (χ0) is 25.2. The molecule has 4 heterocycles. The molecule has 0 fully saturated rings. The Bertz CT molecular complexity index is 1270. The number of anilines is 2. The lowest BCUT2D eigenvalue weighted by atomic mass is 10.1. The molecule has 0 spiro atoms. The molecule has 3 aromatic rings. The minimum atomic E-state index is -4.64. The number of nitrogens with zero attached hydrogens (tertiary/aromatic N) is 5. The highest BCUT2D eigenvalue weighted by Gasteiger charge is 2.37. The van der Waals surface area contributed by atoms with Crippen molar-refractivity contribution in [2.24, 2.45) is 5.10 Å². The lowest BCUT2D eigenvalue weighted by Gasteiger charge is -2.26. The van der Waals surface area contributed by atoms with Crippen molar-refractivity contribution in [3.63, 3.8) is 0 Å². The highest BCUT2D eigenvalue weighted by molar-refractivity contribution is 6.10. The molecule has 0 aliphatic carbocycles. The van der Waals surface area contributed by atoms with Crippen LogP contribution in [0, 0.1) is 0 Å². The number of aromatic nitrogens is 3. The van der Waals surface area contributed by atoms with Crippen molar-refractivity contribution >= 4 is 23.1 Å². The Balaban J connectivity index is 1.52. The van der Waals surface area contributed by atoms with Gasteiger partial charge >= 0.3 is 12.4 Å². The molecule has 180 valence electrons. The van der Waals surface area contributed by atoms with Gasteiger partial charge in [0.1, 0.15) is 11.5 Å². The lowest BCUT2D eigenvalue weighted by Crippen LogP contribution is -2.32. The minimum Gasteiger partial charge on any atom is -0.307 e. The van der Waals surface area contributed by atoms with Gasteiger partial charge in [0, 0.05) is 24.2 Å². The van der Waals surface area contributed by atoms with Crippen LogP contribution in [-0.4, -0.2) is 39.3 Å². The number of alkyl halides is 6. The van der Waals surface area contributed by atoms with E-state index in [0.29, 0.717) is 11.6 Å². The van der Waals surface area contributed by atoms with Gasteiger partial charge < -0.3 is 5.32 Å².